The molecule has 3 heterocycles. The van der Waals surface area contributed by atoms with Crippen LogP contribution in [0.4, 0.5) is 5.69 Å². The molecular weight excluding hydrogens is 422 g/mol. The lowest BCUT2D eigenvalue weighted by Crippen LogP contribution is -2.62. The van der Waals surface area contributed by atoms with Gasteiger partial charge in [-0.2, -0.15) is 0 Å². The van der Waals surface area contributed by atoms with Crippen LogP contribution in [0.2, 0.25) is 0 Å². The summed E-state index contributed by atoms with van der Waals surface area (Å²) in [4.78, 5) is 17.9. The molecule has 1 spiro atoms. The fraction of sp³-hybridized carbons (Fsp3) is 0.552. The average Bonchev–Trinajstić information content (AvgIpc) is 3.21. The molecule has 5 nitrogen and oxygen atoms in total. The number of carbonyl (C=O) groups is 1. The molecule has 1 unspecified atom stereocenters. The summed E-state index contributed by atoms with van der Waals surface area (Å²) in [6.45, 7) is 11.9. The van der Waals surface area contributed by atoms with E-state index in [9.17, 15) is 4.79 Å². The van der Waals surface area contributed by atoms with Gasteiger partial charge in [0.15, 0.2) is 0 Å². The molecule has 3 saturated heterocycles. The Kier molecular flexibility index (Phi) is 6.94. The quantitative estimate of drug-likeness (QED) is 0.668. The Morgan fingerprint density at radius 1 is 1.03 bits per heavy atom. The lowest BCUT2D eigenvalue weighted by Gasteiger charge is -2.52. The molecule has 1 amide bonds. The molecule has 2 aromatic rings. The normalized spacial score (nSPS) is 22.8. The van der Waals surface area contributed by atoms with E-state index in [4.69, 9.17) is 4.74 Å². The highest BCUT2D eigenvalue weighted by molar-refractivity contribution is 5.78. The minimum atomic E-state index is 0.115. The maximum atomic E-state index is 12.8. The molecule has 3 fully saturated rings. The monoisotopic (exact) mass is 461 g/mol. The zero-order valence-electron chi connectivity index (χ0n) is 20.7. The summed E-state index contributed by atoms with van der Waals surface area (Å²) < 4.78 is 5.44. The average molecular weight is 462 g/mol. The highest BCUT2D eigenvalue weighted by Gasteiger charge is 2.54. The van der Waals surface area contributed by atoms with Gasteiger partial charge in [0.05, 0.1) is 0 Å². The lowest BCUT2D eigenvalue weighted by atomic mass is 9.71. The van der Waals surface area contributed by atoms with Crippen LogP contribution in [0.3, 0.4) is 0 Å². The van der Waals surface area contributed by atoms with E-state index >= 15 is 0 Å². The fourth-order valence-corrected chi connectivity index (χ4v) is 6.03. The van der Waals surface area contributed by atoms with Crippen LogP contribution in [-0.2, 0) is 16.1 Å². The van der Waals surface area contributed by atoms with Crippen molar-refractivity contribution >= 4 is 11.6 Å². The molecule has 5 rings (SSSR count). The summed E-state index contributed by atoms with van der Waals surface area (Å²) in [7, 11) is 0. The van der Waals surface area contributed by atoms with E-state index in [1.165, 1.54) is 16.8 Å². The van der Waals surface area contributed by atoms with E-state index < -0.39 is 0 Å². The van der Waals surface area contributed by atoms with Gasteiger partial charge in [-0.25, -0.2) is 0 Å². The van der Waals surface area contributed by atoms with Crippen LogP contribution >= 0.6 is 0 Å². The SMILES string of the molecule is CC(C)c1ccc(CN2CC(CNC(=O)C3CCOCC3)C3(C2)CN(c2ccccc2)C3)cc1. The van der Waals surface area contributed by atoms with Crippen molar-refractivity contribution in [3.63, 3.8) is 0 Å². The third-order valence-electron chi connectivity index (χ3n) is 8.18. The predicted octanol–water partition coefficient (Wildman–Crippen LogP) is 4.29. The van der Waals surface area contributed by atoms with Crippen LogP contribution in [0.1, 0.15) is 43.7 Å². The lowest BCUT2D eigenvalue weighted by molar-refractivity contribution is -0.128. The molecule has 1 N–H and O–H groups in total. The second-order valence-corrected chi connectivity index (χ2v) is 10.9. The van der Waals surface area contributed by atoms with Gasteiger partial charge in [-0.05, 0) is 47.9 Å². The third-order valence-corrected chi connectivity index (χ3v) is 8.18. The van der Waals surface area contributed by atoms with E-state index in [-0.39, 0.29) is 17.2 Å². The number of nitrogens with zero attached hydrogens (tertiary/aromatic N) is 2. The molecule has 1 atom stereocenters. The zero-order valence-corrected chi connectivity index (χ0v) is 20.7. The largest absolute Gasteiger partial charge is 0.381 e. The number of amides is 1. The topological polar surface area (TPSA) is 44.8 Å². The van der Waals surface area contributed by atoms with E-state index in [0.717, 1.165) is 52.1 Å². The van der Waals surface area contributed by atoms with Crippen molar-refractivity contribution in [1.29, 1.82) is 0 Å². The van der Waals surface area contributed by atoms with Crippen LogP contribution in [0, 0.1) is 17.3 Å². The van der Waals surface area contributed by atoms with Crippen molar-refractivity contribution in [3.8, 4) is 0 Å². The first kappa shape index (κ1) is 23.4. The fourth-order valence-electron chi connectivity index (χ4n) is 6.03. The Hall–Kier alpha value is -2.37. The van der Waals surface area contributed by atoms with Crippen LogP contribution in [-0.4, -0.2) is 56.7 Å². The Labute approximate surface area is 204 Å². The zero-order chi connectivity index (χ0) is 23.5. The van der Waals surface area contributed by atoms with Gasteiger partial charge in [-0.15, -0.1) is 0 Å². The molecule has 0 bridgehead atoms. The molecule has 0 aromatic heterocycles. The molecule has 34 heavy (non-hydrogen) atoms. The standard InChI is InChI=1S/C29H39N3O2/c1-22(2)24-10-8-23(9-11-24)17-31-18-26(16-30-28(33)25-12-14-34-15-13-25)29(19-31)20-32(21-29)27-6-4-3-5-7-27/h3-11,22,25-26H,12-21H2,1-2H3,(H,30,33). The van der Waals surface area contributed by atoms with Gasteiger partial charge in [0.2, 0.25) is 5.91 Å². The number of hydrogen-bond donors (Lipinski definition) is 1. The molecule has 0 radical (unpaired) electrons. The Morgan fingerprint density at radius 2 is 1.74 bits per heavy atom. The molecule has 3 aliphatic rings. The summed E-state index contributed by atoms with van der Waals surface area (Å²) >= 11 is 0. The van der Waals surface area contributed by atoms with Crippen molar-refractivity contribution in [2.75, 3.05) is 50.8 Å². The van der Waals surface area contributed by atoms with Crippen LogP contribution in [0.25, 0.3) is 0 Å². The number of likely N-dealkylation sites (tertiary alicyclic amines) is 1. The second-order valence-electron chi connectivity index (χ2n) is 10.9. The first-order valence-corrected chi connectivity index (χ1v) is 13.0. The molecule has 2 aromatic carbocycles. The molecule has 182 valence electrons. The van der Waals surface area contributed by atoms with Crippen LogP contribution in [0.15, 0.2) is 54.6 Å². The number of benzene rings is 2. The smallest absolute Gasteiger partial charge is 0.223 e. The van der Waals surface area contributed by atoms with Crippen molar-refractivity contribution in [3.05, 3.63) is 65.7 Å². The number of nitrogens with one attached hydrogen (secondary N) is 1. The van der Waals surface area contributed by atoms with E-state index in [1.807, 2.05) is 0 Å². The van der Waals surface area contributed by atoms with Gasteiger partial charge in [-0.1, -0.05) is 56.3 Å². The van der Waals surface area contributed by atoms with Gasteiger partial charge >= 0.3 is 0 Å². The highest BCUT2D eigenvalue weighted by Crippen LogP contribution is 2.45. The van der Waals surface area contributed by atoms with Gasteiger partial charge in [0.25, 0.3) is 0 Å². The minimum absolute atomic E-state index is 0.115. The number of rotatable bonds is 7. The molecule has 3 aliphatic heterocycles. The van der Waals surface area contributed by atoms with Crippen molar-refractivity contribution < 1.29 is 9.53 Å². The predicted molar refractivity (Wildman–Crippen MR) is 137 cm³/mol. The summed E-state index contributed by atoms with van der Waals surface area (Å²) in [5.74, 6) is 1.38. The number of hydrogen-bond acceptors (Lipinski definition) is 4. The van der Waals surface area contributed by atoms with Crippen molar-refractivity contribution in [2.24, 2.45) is 17.3 Å². The maximum absolute atomic E-state index is 12.8. The Balaban J connectivity index is 1.25. The Morgan fingerprint density at radius 3 is 2.41 bits per heavy atom. The van der Waals surface area contributed by atoms with Gasteiger partial charge < -0.3 is 15.0 Å². The second kappa shape index (κ2) is 10.1. The van der Waals surface area contributed by atoms with Crippen LogP contribution in [0.5, 0.6) is 0 Å². The summed E-state index contributed by atoms with van der Waals surface area (Å²) in [5.41, 5.74) is 4.33. The van der Waals surface area contributed by atoms with Crippen molar-refractivity contribution in [2.45, 2.75) is 39.2 Å². The maximum Gasteiger partial charge on any atom is 0.223 e. The highest BCUT2D eigenvalue weighted by atomic mass is 16.5. The number of para-hydroxylation sites is 1. The van der Waals surface area contributed by atoms with Gasteiger partial charge in [-0.3, -0.25) is 9.69 Å². The minimum Gasteiger partial charge on any atom is -0.381 e. The summed E-state index contributed by atoms with van der Waals surface area (Å²) in [5, 5.41) is 3.34. The number of ether oxygens (including phenoxy) is 1. The number of anilines is 1. The van der Waals surface area contributed by atoms with Crippen LogP contribution < -0.4 is 10.2 Å². The third kappa shape index (κ3) is 5.01. The molecule has 0 saturated carbocycles. The van der Waals surface area contributed by atoms with E-state index in [2.05, 4.69) is 83.6 Å². The first-order chi connectivity index (χ1) is 16.5. The van der Waals surface area contributed by atoms with Gasteiger partial charge in [0.1, 0.15) is 0 Å². The molecule has 5 heteroatoms. The summed E-state index contributed by atoms with van der Waals surface area (Å²) in [6.07, 6.45) is 1.70. The first-order valence-electron chi connectivity index (χ1n) is 13.0. The molecular formula is C29H39N3O2. The Bertz CT molecular complexity index is 947. The van der Waals surface area contributed by atoms with E-state index in [0.29, 0.717) is 25.0 Å². The van der Waals surface area contributed by atoms with Crippen molar-refractivity contribution in [1.82, 2.24) is 10.2 Å². The van der Waals surface area contributed by atoms with E-state index in [1.54, 1.807) is 0 Å². The number of carbonyl (C=O) groups excluding carboxylic acids is 1. The van der Waals surface area contributed by atoms with Gasteiger partial charge in [0, 0.05) is 69.5 Å². The summed E-state index contributed by atoms with van der Waals surface area (Å²) in [6, 6.07) is 19.9. The molecule has 0 aliphatic carbocycles.